The summed E-state index contributed by atoms with van der Waals surface area (Å²) in [7, 11) is -3.43. The molecule has 0 N–H and O–H groups in total. The molecule has 1 heterocycles. The minimum atomic E-state index is -3.43. The van der Waals surface area contributed by atoms with Gasteiger partial charge in [-0.25, -0.2) is 8.42 Å². The van der Waals surface area contributed by atoms with Gasteiger partial charge >= 0.3 is 0 Å². The van der Waals surface area contributed by atoms with Gasteiger partial charge in [0, 0.05) is 31.9 Å². The first-order valence-electron chi connectivity index (χ1n) is 8.69. The van der Waals surface area contributed by atoms with E-state index in [9.17, 15) is 8.42 Å². The Morgan fingerprint density at radius 3 is 2.00 bits per heavy atom. The highest BCUT2D eigenvalue weighted by Crippen LogP contribution is 2.28. The molecule has 4 nitrogen and oxygen atoms in total. The number of hydrogen-bond acceptors (Lipinski definition) is 3. The van der Waals surface area contributed by atoms with Crippen molar-refractivity contribution in [1.29, 1.82) is 0 Å². The third-order valence-electron chi connectivity index (χ3n) is 4.96. The summed E-state index contributed by atoms with van der Waals surface area (Å²) in [5.74, 6) is 0. The Hall–Kier alpha value is -1.85. The number of benzene rings is 2. The fraction of sp³-hybridized carbons (Fsp3) is 0.400. The molecule has 1 aliphatic heterocycles. The van der Waals surface area contributed by atoms with Crippen molar-refractivity contribution in [3.8, 4) is 0 Å². The van der Waals surface area contributed by atoms with Crippen molar-refractivity contribution in [2.24, 2.45) is 0 Å². The highest BCUT2D eigenvalue weighted by Gasteiger charge is 2.30. The van der Waals surface area contributed by atoms with E-state index >= 15 is 0 Å². The van der Waals surface area contributed by atoms with Crippen LogP contribution in [0.3, 0.4) is 0 Å². The molecule has 0 bridgehead atoms. The number of hydrogen-bond donors (Lipinski definition) is 0. The molecule has 0 atom stereocenters. The summed E-state index contributed by atoms with van der Waals surface area (Å²) >= 11 is 0. The van der Waals surface area contributed by atoms with Gasteiger partial charge in [0.2, 0.25) is 10.0 Å². The van der Waals surface area contributed by atoms with E-state index in [-0.39, 0.29) is 0 Å². The average Bonchev–Trinajstić information content (AvgIpc) is 2.57. The quantitative estimate of drug-likeness (QED) is 0.844. The van der Waals surface area contributed by atoms with Crippen LogP contribution in [-0.2, 0) is 10.0 Å². The van der Waals surface area contributed by atoms with Gasteiger partial charge in [-0.2, -0.15) is 4.31 Å². The number of piperazine rings is 1. The zero-order chi connectivity index (χ0) is 18.2. The molecule has 0 spiro atoms. The molecule has 1 saturated heterocycles. The Morgan fingerprint density at radius 1 is 0.800 bits per heavy atom. The lowest BCUT2D eigenvalue weighted by Gasteiger charge is -2.37. The topological polar surface area (TPSA) is 40.6 Å². The lowest BCUT2D eigenvalue weighted by molar-refractivity contribution is 0.384. The molecule has 134 valence electrons. The Bertz CT molecular complexity index is 862. The van der Waals surface area contributed by atoms with Gasteiger partial charge in [0.25, 0.3) is 0 Å². The maximum atomic E-state index is 13.0. The Balaban J connectivity index is 1.81. The second kappa shape index (κ2) is 6.81. The minimum Gasteiger partial charge on any atom is -0.368 e. The Labute approximate surface area is 151 Å². The SMILES string of the molecule is Cc1ccc(C)c(S(=O)(=O)N2CCN(c3c(C)cccc3C)CC2)c1. The molecular formula is C20H26N2O2S. The first kappa shape index (κ1) is 18.0. The third kappa shape index (κ3) is 3.44. The predicted octanol–water partition coefficient (Wildman–Crippen LogP) is 3.43. The van der Waals surface area contributed by atoms with E-state index in [0.717, 1.165) is 24.2 Å². The molecule has 2 aromatic carbocycles. The van der Waals surface area contributed by atoms with Crippen molar-refractivity contribution >= 4 is 15.7 Å². The number of sulfonamides is 1. The van der Waals surface area contributed by atoms with E-state index in [1.54, 1.807) is 10.4 Å². The number of para-hydroxylation sites is 1. The lowest BCUT2D eigenvalue weighted by Crippen LogP contribution is -2.49. The van der Waals surface area contributed by atoms with Crippen molar-refractivity contribution in [3.63, 3.8) is 0 Å². The molecular weight excluding hydrogens is 332 g/mol. The monoisotopic (exact) mass is 358 g/mol. The summed E-state index contributed by atoms with van der Waals surface area (Å²) in [6.07, 6.45) is 0. The summed E-state index contributed by atoms with van der Waals surface area (Å²) in [5, 5.41) is 0. The predicted molar refractivity (Wildman–Crippen MR) is 103 cm³/mol. The molecule has 2 aromatic rings. The highest BCUT2D eigenvalue weighted by atomic mass is 32.2. The smallest absolute Gasteiger partial charge is 0.243 e. The molecule has 0 radical (unpaired) electrons. The van der Waals surface area contributed by atoms with E-state index < -0.39 is 10.0 Å². The van der Waals surface area contributed by atoms with E-state index in [2.05, 4.69) is 36.9 Å². The molecule has 0 unspecified atom stereocenters. The average molecular weight is 359 g/mol. The largest absolute Gasteiger partial charge is 0.368 e. The van der Waals surface area contributed by atoms with Crippen LogP contribution in [0.15, 0.2) is 41.3 Å². The van der Waals surface area contributed by atoms with E-state index in [4.69, 9.17) is 0 Å². The van der Waals surface area contributed by atoms with Gasteiger partial charge in [0.05, 0.1) is 4.90 Å². The van der Waals surface area contributed by atoms with Gasteiger partial charge < -0.3 is 4.90 Å². The molecule has 5 heteroatoms. The Morgan fingerprint density at radius 2 is 1.40 bits per heavy atom. The van der Waals surface area contributed by atoms with Crippen LogP contribution in [0.25, 0.3) is 0 Å². The summed E-state index contributed by atoms with van der Waals surface area (Å²) in [6.45, 7) is 10.5. The number of rotatable bonds is 3. The summed E-state index contributed by atoms with van der Waals surface area (Å²) in [5.41, 5.74) is 5.50. The molecule has 0 aromatic heterocycles. The van der Waals surface area contributed by atoms with Crippen LogP contribution in [0.2, 0.25) is 0 Å². The molecule has 1 aliphatic rings. The summed E-state index contributed by atoms with van der Waals surface area (Å²) < 4.78 is 27.7. The maximum absolute atomic E-state index is 13.0. The van der Waals surface area contributed by atoms with Crippen molar-refractivity contribution in [3.05, 3.63) is 58.7 Å². The van der Waals surface area contributed by atoms with Crippen LogP contribution in [-0.4, -0.2) is 38.9 Å². The summed E-state index contributed by atoms with van der Waals surface area (Å²) in [6, 6.07) is 11.9. The number of aryl methyl sites for hydroxylation is 4. The highest BCUT2D eigenvalue weighted by molar-refractivity contribution is 7.89. The van der Waals surface area contributed by atoms with E-state index in [1.807, 2.05) is 26.0 Å². The van der Waals surface area contributed by atoms with Crippen molar-refractivity contribution < 1.29 is 8.42 Å². The van der Waals surface area contributed by atoms with Crippen molar-refractivity contribution in [2.75, 3.05) is 31.1 Å². The van der Waals surface area contributed by atoms with Gasteiger partial charge in [-0.15, -0.1) is 0 Å². The second-order valence-corrected chi connectivity index (χ2v) is 8.81. The lowest BCUT2D eigenvalue weighted by atomic mass is 10.1. The zero-order valence-corrected chi connectivity index (χ0v) is 16.2. The molecule has 1 fully saturated rings. The minimum absolute atomic E-state index is 0.438. The first-order chi connectivity index (χ1) is 11.8. The third-order valence-corrected chi connectivity index (χ3v) is 7.00. The Kier molecular flexibility index (Phi) is 4.89. The first-order valence-corrected chi connectivity index (χ1v) is 10.1. The number of anilines is 1. The van der Waals surface area contributed by atoms with Crippen LogP contribution < -0.4 is 4.90 Å². The van der Waals surface area contributed by atoms with Gasteiger partial charge in [-0.1, -0.05) is 30.3 Å². The molecule has 3 rings (SSSR count). The van der Waals surface area contributed by atoms with Crippen LogP contribution >= 0.6 is 0 Å². The van der Waals surface area contributed by atoms with E-state index in [0.29, 0.717) is 18.0 Å². The molecule has 25 heavy (non-hydrogen) atoms. The van der Waals surface area contributed by atoms with Crippen LogP contribution in [0.5, 0.6) is 0 Å². The van der Waals surface area contributed by atoms with Crippen LogP contribution in [0.4, 0.5) is 5.69 Å². The number of nitrogens with zero attached hydrogens (tertiary/aromatic N) is 2. The molecule has 0 saturated carbocycles. The zero-order valence-electron chi connectivity index (χ0n) is 15.4. The summed E-state index contributed by atoms with van der Waals surface area (Å²) in [4.78, 5) is 2.74. The van der Waals surface area contributed by atoms with Crippen LogP contribution in [0, 0.1) is 27.7 Å². The normalized spacial score (nSPS) is 16.2. The van der Waals surface area contributed by atoms with Gasteiger partial charge in [0.1, 0.15) is 0 Å². The van der Waals surface area contributed by atoms with Crippen molar-refractivity contribution in [1.82, 2.24) is 4.31 Å². The van der Waals surface area contributed by atoms with Gasteiger partial charge in [0.15, 0.2) is 0 Å². The fourth-order valence-corrected chi connectivity index (χ4v) is 5.31. The molecule has 0 amide bonds. The van der Waals surface area contributed by atoms with Gasteiger partial charge in [-0.05, 0) is 56.0 Å². The van der Waals surface area contributed by atoms with E-state index in [1.165, 1.54) is 16.8 Å². The van der Waals surface area contributed by atoms with Crippen LogP contribution in [0.1, 0.15) is 22.3 Å². The standard InChI is InChI=1S/C20H26N2O2S/c1-15-8-9-16(2)19(14-15)25(23,24)22-12-10-21(11-13-22)20-17(3)6-5-7-18(20)4/h5-9,14H,10-13H2,1-4H3. The molecule has 0 aliphatic carbocycles. The van der Waals surface area contributed by atoms with Crippen molar-refractivity contribution in [2.45, 2.75) is 32.6 Å². The van der Waals surface area contributed by atoms with Gasteiger partial charge in [-0.3, -0.25) is 0 Å². The fourth-order valence-electron chi connectivity index (χ4n) is 3.58. The maximum Gasteiger partial charge on any atom is 0.243 e. The second-order valence-electron chi connectivity index (χ2n) is 6.90.